The van der Waals surface area contributed by atoms with Gasteiger partial charge in [0.25, 0.3) is 11.8 Å². The Morgan fingerprint density at radius 3 is 1.83 bits per heavy atom. The molecule has 274 valence electrons. The maximum absolute atomic E-state index is 13.5. The van der Waals surface area contributed by atoms with Crippen LogP contribution >= 0.6 is 0 Å². The quantitative estimate of drug-likeness (QED) is 0.178. The number of hydrogen-bond acceptors (Lipinski definition) is 11. The van der Waals surface area contributed by atoms with E-state index in [2.05, 4.69) is 16.6 Å². The summed E-state index contributed by atoms with van der Waals surface area (Å²) in [5.74, 6) is 1.18. The van der Waals surface area contributed by atoms with Crippen molar-refractivity contribution in [1.82, 2.24) is 9.80 Å². The van der Waals surface area contributed by atoms with Crippen molar-refractivity contribution in [2.24, 2.45) is 9.98 Å². The van der Waals surface area contributed by atoms with Gasteiger partial charge in [-0.1, -0.05) is 23.8 Å². The average Bonchev–Trinajstić information content (AvgIpc) is 3.71. The third kappa shape index (κ3) is 7.19. The second-order valence-electron chi connectivity index (χ2n) is 13.1. The zero-order valence-corrected chi connectivity index (χ0v) is 30.0. The van der Waals surface area contributed by atoms with Crippen LogP contribution in [0.4, 0.5) is 11.4 Å². The SMILES string of the molecule is C=C1C[C@H]2C=Nc3cc(OCc4cc(COc5cc6c(cc5OC)C(=O)N5CC(=CC)C[C@H]5C=N6)cc(OCC(=O)OC)c4)c(OC)cc3C(=O)N2C1. The van der Waals surface area contributed by atoms with E-state index in [-0.39, 0.29) is 43.7 Å². The summed E-state index contributed by atoms with van der Waals surface area (Å²) in [6.07, 6.45) is 7.07. The molecule has 0 bridgehead atoms. The van der Waals surface area contributed by atoms with Gasteiger partial charge in [0.05, 0.1) is 55.9 Å². The zero-order valence-electron chi connectivity index (χ0n) is 30.0. The molecule has 7 rings (SSSR count). The minimum Gasteiger partial charge on any atom is -0.493 e. The van der Waals surface area contributed by atoms with E-state index in [4.69, 9.17) is 28.4 Å². The molecule has 3 aromatic rings. The number of hydrogen-bond donors (Lipinski definition) is 0. The zero-order chi connectivity index (χ0) is 37.2. The number of esters is 1. The summed E-state index contributed by atoms with van der Waals surface area (Å²) in [5.41, 5.74) is 5.43. The van der Waals surface area contributed by atoms with Gasteiger partial charge in [0.1, 0.15) is 19.0 Å². The van der Waals surface area contributed by atoms with Crippen molar-refractivity contribution >= 4 is 41.6 Å². The van der Waals surface area contributed by atoms with Gasteiger partial charge in [0.2, 0.25) is 0 Å². The molecule has 0 N–H and O–H groups in total. The minimum absolute atomic E-state index is 0.0788. The van der Waals surface area contributed by atoms with Crippen LogP contribution in [0.2, 0.25) is 0 Å². The number of carbonyl (C=O) groups excluding carboxylic acids is 3. The van der Waals surface area contributed by atoms with Crippen LogP contribution in [0, 0.1) is 0 Å². The van der Waals surface area contributed by atoms with Crippen molar-refractivity contribution in [3.63, 3.8) is 0 Å². The maximum Gasteiger partial charge on any atom is 0.343 e. The fourth-order valence-electron chi connectivity index (χ4n) is 6.87. The lowest BCUT2D eigenvalue weighted by molar-refractivity contribution is -0.142. The van der Waals surface area contributed by atoms with Crippen molar-refractivity contribution in [2.45, 2.75) is 45.1 Å². The molecule has 2 fully saturated rings. The summed E-state index contributed by atoms with van der Waals surface area (Å²) in [6.45, 7) is 6.94. The van der Waals surface area contributed by atoms with Crippen molar-refractivity contribution in [3.8, 4) is 28.7 Å². The molecular weight excluding hydrogens is 680 g/mol. The van der Waals surface area contributed by atoms with Gasteiger partial charge in [-0.2, -0.15) is 0 Å². The third-order valence-corrected chi connectivity index (χ3v) is 9.66. The summed E-state index contributed by atoms with van der Waals surface area (Å²) >= 11 is 0. The monoisotopic (exact) mass is 720 g/mol. The number of aliphatic imine (C=N–C) groups is 2. The van der Waals surface area contributed by atoms with Crippen molar-refractivity contribution in [1.29, 1.82) is 0 Å². The highest BCUT2D eigenvalue weighted by atomic mass is 16.6. The van der Waals surface area contributed by atoms with Gasteiger partial charge in [0.15, 0.2) is 29.6 Å². The van der Waals surface area contributed by atoms with Crippen LogP contribution in [0.1, 0.15) is 51.6 Å². The Kier molecular flexibility index (Phi) is 9.90. The third-order valence-electron chi connectivity index (χ3n) is 9.66. The molecule has 3 aromatic carbocycles. The molecule has 13 nitrogen and oxygen atoms in total. The summed E-state index contributed by atoms with van der Waals surface area (Å²) < 4.78 is 34.3. The van der Waals surface area contributed by atoms with Crippen LogP contribution < -0.4 is 23.7 Å². The smallest absolute Gasteiger partial charge is 0.343 e. The average molecular weight is 721 g/mol. The number of amides is 2. The summed E-state index contributed by atoms with van der Waals surface area (Å²) in [6, 6.07) is 11.9. The number of allylic oxidation sites excluding steroid dienone is 1. The molecule has 4 heterocycles. The minimum atomic E-state index is -0.536. The lowest BCUT2D eigenvalue weighted by Gasteiger charge is -2.20. The molecule has 0 saturated carbocycles. The van der Waals surface area contributed by atoms with Crippen LogP contribution in [-0.2, 0) is 22.7 Å². The molecule has 2 atom stereocenters. The van der Waals surface area contributed by atoms with Crippen LogP contribution in [-0.4, -0.2) is 93.1 Å². The van der Waals surface area contributed by atoms with Crippen LogP contribution in [0.3, 0.4) is 0 Å². The van der Waals surface area contributed by atoms with Gasteiger partial charge in [0, 0.05) is 37.7 Å². The Morgan fingerprint density at radius 1 is 0.755 bits per heavy atom. The molecule has 0 aliphatic carbocycles. The predicted octanol–water partition coefficient (Wildman–Crippen LogP) is 5.78. The normalized spacial score (nSPS) is 19.2. The molecule has 4 aliphatic rings. The van der Waals surface area contributed by atoms with Crippen LogP contribution in [0.25, 0.3) is 0 Å². The standard InChI is InChI=1S/C40H40N4O9/c1-6-24-9-28-17-42-33-15-37(35(49-4)13-31(33)40(47)44(28)19-24)53-21-26-8-25(10-29(11-26)51-22-38(45)50-5)20-52-36-14-32-30(12-34(36)48-3)39(46)43-18-23(2)7-27(43)16-41-32/h6,8,10-17,27-28H,2,7,9,18-22H2,1,3-5H3/t27-,28-/m0/s1. The highest BCUT2D eigenvalue weighted by Gasteiger charge is 2.36. The molecule has 13 heteroatoms. The first-order valence-electron chi connectivity index (χ1n) is 17.2. The Hall–Kier alpha value is -6.11. The fraction of sp³-hybridized carbons (Fsp3) is 0.325. The van der Waals surface area contributed by atoms with Gasteiger partial charge >= 0.3 is 5.97 Å². The maximum atomic E-state index is 13.5. The molecule has 2 amide bonds. The number of nitrogens with zero attached hydrogens (tertiary/aromatic N) is 4. The van der Waals surface area contributed by atoms with E-state index in [9.17, 15) is 14.4 Å². The topological polar surface area (TPSA) is 138 Å². The Morgan fingerprint density at radius 2 is 1.30 bits per heavy atom. The van der Waals surface area contributed by atoms with E-state index in [1.54, 1.807) is 47.5 Å². The van der Waals surface area contributed by atoms with Crippen molar-refractivity contribution in [3.05, 3.63) is 88.5 Å². The van der Waals surface area contributed by atoms with E-state index < -0.39 is 5.97 Å². The van der Waals surface area contributed by atoms with Crippen molar-refractivity contribution in [2.75, 3.05) is 41.0 Å². The molecule has 0 spiro atoms. The van der Waals surface area contributed by atoms with E-state index in [1.807, 2.05) is 30.2 Å². The number of fused-ring (bicyclic) bond motifs is 4. The Balaban J connectivity index is 1.12. The van der Waals surface area contributed by atoms with E-state index in [0.717, 1.165) is 12.0 Å². The molecule has 53 heavy (non-hydrogen) atoms. The van der Waals surface area contributed by atoms with E-state index >= 15 is 0 Å². The number of carbonyl (C=O) groups is 3. The predicted molar refractivity (Wildman–Crippen MR) is 197 cm³/mol. The van der Waals surface area contributed by atoms with Gasteiger partial charge in [-0.3, -0.25) is 19.6 Å². The summed E-state index contributed by atoms with van der Waals surface area (Å²) in [7, 11) is 4.32. The number of ether oxygens (including phenoxy) is 6. The molecular formula is C40H40N4O9. The number of rotatable bonds is 11. The van der Waals surface area contributed by atoms with E-state index in [1.165, 1.54) is 26.9 Å². The van der Waals surface area contributed by atoms with Gasteiger partial charge in [-0.25, -0.2) is 4.79 Å². The van der Waals surface area contributed by atoms with Gasteiger partial charge in [-0.15, -0.1) is 0 Å². The molecule has 0 radical (unpaired) electrons. The van der Waals surface area contributed by atoms with Crippen LogP contribution in [0.15, 0.2) is 76.3 Å². The van der Waals surface area contributed by atoms with E-state index in [0.29, 0.717) is 81.9 Å². The van der Waals surface area contributed by atoms with Crippen LogP contribution in [0.5, 0.6) is 28.7 Å². The number of methoxy groups -OCH3 is 3. The molecule has 2 saturated heterocycles. The first kappa shape index (κ1) is 35.3. The lowest BCUT2D eigenvalue weighted by Crippen LogP contribution is -2.35. The highest BCUT2D eigenvalue weighted by Crippen LogP contribution is 2.41. The molecule has 0 aromatic heterocycles. The molecule has 0 unspecified atom stereocenters. The first-order chi connectivity index (χ1) is 25.7. The van der Waals surface area contributed by atoms with Crippen molar-refractivity contribution < 1.29 is 42.8 Å². The Labute approximate surface area is 307 Å². The lowest BCUT2D eigenvalue weighted by atomic mass is 10.1. The van der Waals surface area contributed by atoms with Gasteiger partial charge in [-0.05, 0) is 61.2 Å². The fourth-order valence-corrected chi connectivity index (χ4v) is 6.87. The second-order valence-corrected chi connectivity index (χ2v) is 13.1. The largest absolute Gasteiger partial charge is 0.493 e. The Bertz CT molecular complexity index is 2090. The number of benzene rings is 3. The molecule has 4 aliphatic heterocycles. The van der Waals surface area contributed by atoms with Gasteiger partial charge < -0.3 is 38.2 Å². The highest BCUT2D eigenvalue weighted by molar-refractivity contribution is 6.04. The summed E-state index contributed by atoms with van der Waals surface area (Å²) in [5, 5.41) is 0. The summed E-state index contributed by atoms with van der Waals surface area (Å²) in [4.78, 5) is 51.7. The first-order valence-corrected chi connectivity index (χ1v) is 17.2. The second kappa shape index (κ2) is 14.9.